The van der Waals surface area contributed by atoms with E-state index >= 15 is 0 Å². The predicted octanol–water partition coefficient (Wildman–Crippen LogP) is 13.0. The quantitative estimate of drug-likeness (QED) is 0.161. The van der Waals surface area contributed by atoms with Crippen molar-refractivity contribution in [3.63, 3.8) is 0 Å². The second kappa shape index (κ2) is 13.1. The summed E-state index contributed by atoms with van der Waals surface area (Å²) in [7, 11) is 0. The zero-order valence-electron chi connectivity index (χ0n) is 29.8. The molecule has 8 rings (SSSR count). The highest BCUT2D eigenvalue weighted by Gasteiger charge is 2.47. The highest BCUT2D eigenvalue weighted by atomic mass is 14.9. The van der Waals surface area contributed by atoms with Gasteiger partial charge in [-0.15, -0.1) is 0 Å². The molecule has 6 aromatic carbocycles. The largest absolute Gasteiger partial charge is 0.356 e. The van der Waals surface area contributed by atoms with E-state index in [9.17, 15) is 0 Å². The lowest BCUT2D eigenvalue weighted by Gasteiger charge is -2.35. The van der Waals surface area contributed by atoms with E-state index in [0.717, 1.165) is 11.4 Å². The minimum atomic E-state index is -0.429. The van der Waals surface area contributed by atoms with Crippen molar-refractivity contribution in [1.82, 2.24) is 0 Å². The highest BCUT2D eigenvalue weighted by Crippen LogP contribution is 2.58. The molecule has 0 amide bonds. The summed E-state index contributed by atoms with van der Waals surface area (Å²) in [6.07, 6.45) is 11.2. The maximum absolute atomic E-state index is 3.81. The van der Waals surface area contributed by atoms with Gasteiger partial charge in [0, 0.05) is 11.4 Å². The van der Waals surface area contributed by atoms with Gasteiger partial charge < -0.3 is 5.32 Å². The molecule has 2 aliphatic carbocycles. The van der Waals surface area contributed by atoms with E-state index in [1.54, 1.807) is 0 Å². The first-order valence-electron chi connectivity index (χ1n) is 18.1. The van der Waals surface area contributed by atoms with Gasteiger partial charge in [-0.1, -0.05) is 158 Å². The first kappa shape index (κ1) is 32.3. The van der Waals surface area contributed by atoms with Crippen LogP contribution in [0.15, 0.2) is 193 Å². The number of hydrogen-bond acceptors (Lipinski definition) is 1. The van der Waals surface area contributed by atoms with E-state index < -0.39 is 10.8 Å². The Kier molecular flexibility index (Phi) is 8.28. The van der Waals surface area contributed by atoms with Crippen LogP contribution in [0.5, 0.6) is 0 Å². The van der Waals surface area contributed by atoms with Crippen molar-refractivity contribution in [2.45, 2.75) is 38.5 Å². The van der Waals surface area contributed by atoms with Crippen molar-refractivity contribution in [3.8, 4) is 11.1 Å². The predicted molar refractivity (Wildman–Crippen MR) is 217 cm³/mol. The molecule has 6 aromatic rings. The number of nitrogens with one attached hydrogen (secondary N) is 1. The zero-order chi connectivity index (χ0) is 35.0. The highest BCUT2D eigenvalue weighted by molar-refractivity contribution is 5.89. The molecule has 0 aliphatic heterocycles. The van der Waals surface area contributed by atoms with Crippen molar-refractivity contribution in [3.05, 3.63) is 232 Å². The summed E-state index contributed by atoms with van der Waals surface area (Å²) in [5.74, 6) is 0. The van der Waals surface area contributed by atoms with Crippen molar-refractivity contribution in [1.29, 1.82) is 0 Å². The maximum Gasteiger partial charge on any atom is 0.0711 e. The van der Waals surface area contributed by atoms with E-state index in [0.29, 0.717) is 0 Å². The average molecular weight is 658 g/mol. The Labute approximate surface area is 303 Å². The van der Waals surface area contributed by atoms with Crippen LogP contribution < -0.4 is 5.32 Å². The lowest BCUT2D eigenvalue weighted by molar-refractivity contribution is 0.761. The molecule has 2 atom stereocenters. The Morgan fingerprint density at radius 3 is 1.75 bits per heavy atom. The van der Waals surface area contributed by atoms with Crippen LogP contribution in [0.3, 0.4) is 0 Å². The molecule has 0 heterocycles. The topological polar surface area (TPSA) is 12.0 Å². The summed E-state index contributed by atoms with van der Waals surface area (Å²) < 4.78 is 0. The lowest BCUT2D eigenvalue weighted by Crippen LogP contribution is -2.29. The monoisotopic (exact) mass is 657 g/mol. The number of fused-ring (bicyclic) bond motifs is 4. The third-order valence-corrected chi connectivity index (χ3v) is 11.0. The van der Waals surface area contributed by atoms with Crippen molar-refractivity contribution < 1.29 is 0 Å². The molecule has 1 heteroatoms. The summed E-state index contributed by atoms with van der Waals surface area (Å²) in [5, 5.41) is 3.81. The Balaban J connectivity index is 1.25. The lowest BCUT2D eigenvalue weighted by atomic mass is 9.66. The molecule has 248 valence electrons. The minimum Gasteiger partial charge on any atom is -0.356 e. The van der Waals surface area contributed by atoms with Gasteiger partial charge >= 0.3 is 0 Å². The average Bonchev–Trinajstić information content (AvgIpc) is 3.62. The van der Waals surface area contributed by atoms with Gasteiger partial charge in [0.25, 0.3) is 0 Å². The molecule has 0 saturated carbocycles. The van der Waals surface area contributed by atoms with Gasteiger partial charge in [-0.05, 0) is 119 Å². The van der Waals surface area contributed by atoms with E-state index in [2.05, 4.69) is 215 Å². The summed E-state index contributed by atoms with van der Waals surface area (Å²) >= 11 is 0. The maximum atomic E-state index is 3.81. The van der Waals surface area contributed by atoms with Gasteiger partial charge in [-0.25, -0.2) is 0 Å². The third-order valence-electron chi connectivity index (χ3n) is 11.0. The molecule has 2 unspecified atom stereocenters. The van der Waals surface area contributed by atoms with Crippen LogP contribution in [0.1, 0.15) is 66.6 Å². The Hall–Kier alpha value is -5.92. The molecule has 0 bridgehead atoms. The number of rotatable bonds is 8. The van der Waals surface area contributed by atoms with Crippen LogP contribution in [0.4, 0.5) is 11.4 Å². The number of hydrogen-bond donors (Lipinski definition) is 1. The molecule has 0 spiro atoms. The molecule has 0 fully saturated rings. The van der Waals surface area contributed by atoms with Crippen molar-refractivity contribution in [2.24, 2.45) is 0 Å². The number of benzene rings is 6. The first-order valence-corrected chi connectivity index (χ1v) is 18.1. The van der Waals surface area contributed by atoms with Gasteiger partial charge in [-0.2, -0.15) is 0 Å². The van der Waals surface area contributed by atoms with E-state index in [1.807, 2.05) is 0 Å². The van der Waals surface area contributed by atoms with Gasteiger partial charge in [0.2, 0.25) is 0 Å². The SMILES string of the molecule is C/C=C\C1=C(C)c2ccccc2C1(c1ccccc1)c1ccc(Nc2ccc3c(c2)C(C(/C=C\C)=C/C)(c2ccccc2)c2ccccc2-3)cc1. The van der Waals surface area contributed by atoms with Crippen LogP contribution in [0.25, 0.3) is 16.7 Å². The number of anilines is 2. The normalized spacial score (nSPS) is 19.4. The van der Waals surface area contributed by atoms with E-state index in [-0.39, 0.29) is 0 Å². The fraction of sp³-hybridized carbons (Fsp3) is 0.120. The molecule has 1 nitrogen and oxygen atoms in total. The number of allylic oxidation sites excluding steroid dienone is 8. The summed E-state index contributed by atoms with van der Waals surface area (Å²) in [6, 6.07) is 55.8. The van der Waals surface area contributed by atoms with E-state index in [1.165, 1.54) is 66.8 Å². The van der Waals surface area contributed by atoms with Crippen LogP contribution >= 0.6 is 0 Å². The summed E-state index contributed by atoms with van der Waals surface area (Å²) in [4.78, 5) is 0. The van der Waals surface area contributed by atoms with Gasteiger partial charge in [0.15, 0.2) is 0 Å². The molecule has 0 saturated heterocycles. The second-order valence-electron chi connectivity index (χ2n) is 13.6. The van der Waals surface area contributed by atoms with E-state index in [4.69, 9.17) is 0 Å². The molecule has 51 heavy (non-hydrogen) atoms. The zero-order valence-corrected chi connectivity index (χ0v) is 29.8. The molecular formula is C50H43N. The summed E-state index contributed by atoms with van der Waals surface area (Å²) in [5.41, 5.74) is 16.9. The Morgan fingerprint density at radius 1 is 0.510 bits per heavy atom. The standard InChI is InChI=1S/C50H43N/c1-5-18-36(7-3)49(37-20-10-8-11-21-37)47-27-17-15-25-43(47)44-33-32-41(34-48(44)49)51-40-30-28-39(29-31-40)50(38-22-12-9-13-23-38)45(19-6-2)35(4)42-24-14-16-26-46(42)50/h5-34,51H,1-4H3/b18-5-,19-6-,36-7+. The van der Waals surface area contributed by atoms with Gasteiger partial charge in [-0.3, -0.25) is 0 Å². The minimum absolute atomic E-state index is 0.405. The molecule has 1 N–H and O–H groups in total. The fourth-order valence-electron chi connectivity index (χ4n) is 9.02. The second-order valence-corrected chi connectivity index (χ2v) is 13.6. The van der Waals surface area contributed by atoms with Gasteiger partial charge in [0.1, 0.15) is 0 Å². The van der Waals surface area contributed by atoms with Crippen LogP contribution in [0.2, 0.25) is 0 Å². The Bertz CT molecular complexity index is 2350. The van der Waals surface area contributed by atoms with Crippen molar-refractivity contribution in [2.75, 3.05) is 5.32 Å². The first-order chi connectivity index (χ1) is 25.1. The third kappa shape index (κ3) is 4.83. The fourth-order valence-corrected chi connectivity index (χ4v) is 9.02. The Morgan fingerprint density at radius 2 is 1.08 bits per heavy atom. The molecule has 0 radical (unpaired) electrons. The summed E-state index contributed by atoms with van der Waals surface area (Å²) in [6.45, 7) is 8.65. The van der Waals surface area contributed by atoms with Gasteiger partial charge in [0.05, 0.1) is 10.8 Å². The van der Waals surface area contributed by atoms with Crippen LogP contribution in [-0.2, 0) is 10.8 Å². The molecular weight excluding hydrogens is 615 g/mol. The molecule has 0 aromatic heterocycles. The van der Waals surface area contributed by atoms with Crippen LogP contribution in [0, 0.1) is 0 Å². The molecule has 2 aliphatic rings. The van der Waals surface area contributed by atoms with Crippen molar-refractivity contribution >= 4 is 16.9 Å². The van der Waals surface area contributed by atoms with Crippen LogP contribution in [-0.4, -0.2) is 0 Å². The smallest absolute Gasteiger partial charge is 0.0711 e.